The minimum atomic E-state index is -3.63. The fraction of sp³-hybridized carbons (Fsp3) is 0.481. The monoisotopic (exact) mass is 562 g/mol. The van der Waals surface area contributed by atoms with Gasteiger partial charge in [0, 0.05) is 44.8 Å². The number of benzene rings is 2. The van der Waals surface area contributed by atoms with E-state index in [1.54, 1.807) is 39.9 Å². The maximum atomic E-state index is 13.3. The molecule has 1 aliphatic rings. The van der Waals surface area contributed by atoms with Gasteiger partial charge >= 0.3 is 0 Å². The number of hydrogen-bond acceptors (Lipinski definition) is 6. The third-order valence-corrected chi connectivity index (χ3v) is 9.82. The minimum absolute atomic E-state index is 0.0898. The van der Waals surface area contributed by atoms with Crippen molar-refractivity contribution in [1.29, 1.82) is 0 Å². The summed E-state index contributed by atoms with van der Waals surface area (Å²) in [5.74, 6) is 0.349. The predicted molar refractivity (Wildman–Crippen MR) is 152 cm³/mol. The van der Waals surface area contributed by atoms with Crippen LogP contribution in [0.25, 0.3) is 10.2 Å². The number of aromatic nitrogens is 1. The number of anilines is 1. The van der Waals surface area contributed by atoms with E-state index in [0.717, 1.165) is 20.9 Å². The van der Waals surface area contributed by atoms with Crippen LogP contribution in [-0.4, -0.2) is 67.8 Å². The van der Waals surface area contributed by atoms with E-state index in [1.165, 1.54) is 0 Å². The standard InChI is InChI=1S/C27H35ClN4O3S2/c1-18(2)16-32(17-19(3)4)37(34,35)22-9-7-21(8-10-22)26(33)30-12-14-31(15-13-30)27-29-24-20(5)6-11-23(28)25(24)36-27/h6-11,18-19H,12-17H2,1-5H3. The van der Waals surface area contributed by atoms with Crippen LogP contribution in [0.3, 0.4) is 0 Å². The van der Waals surface area contributed by atoms with Gasteiger partial charge < -0.3 is 9.80 Å². The van der Waals surface area contributed by atoms with Crippen molar-refractivity contribution in [3.8, 4) is 0 Å². The molecule has 0 spiro atoms. The number of rotatable bonds is 8. The van der Waals surface area contributed by atoms with Crippen molar-refractivity contribution in [1.82, 2.24) is 14.2 Å². The average molecular weight is 563 g/mol. The van der Waals surface area contributed by atoms with Gasteiger partial charge in [0.2, 0.25) is 10.0 Å². The van der Waals surface area contributed by atoms with Crippen molar-refractivity contribution in [2.45, 2.75) is 39.5 Å². The zero-order valence-corrected chi connectivity index (χ0v) is 24.5. The summed E-state index contributed by atoms with van der Waals surface area (Å²) in [4.78, 5) is 22.2. The van der Waals surface area contributed by atoms with Crippen LogP contribution in [0.2, 0.25) is 5.02 Å². The maximum Gasteiger partial charge on any atom is 0.253 e. The molecule has 0 aliphatic carbocycles. The molecular formula is C27H35ClN4O3S2. The molecule has 10 heteroatoms. The summed E-state index contributed by atoms with van der Waals surface area (Å²) in [5.41, 5.74) is 2.52. The summed E-state index contributed by atoms with van der Waals surface area (Å²) >= 11 is 7.96. The Kier molecular flexibility index (Phi) is 8.48. The third kappa shape index (κ3) is 6.11. The van der Waals surface area contributed by atoms with Crippen LogP contribution in [0, 0.1) is 18.8 Å². The van der Waals surface area contributed by atoms with E-state index in [9.17, 15) is 13.2 Å². The molecule has 0 saturated carbocycles. The Morgan fingerprint density at radius 3 is 2.14 bits per heavy atom. The smallest absolute Gasteiger partial charge is 0.253 e. The largest absolute Gasteiger partial charge is 0.345 e. The van der Waals surface area contributed by atoms with Crippen molar-refractivity contribution in [3.05, 3.63) is 52.5 Å². The van der Waals surface area contributed by atoms with Gasteiger partial charge in [0.25, 0.3) is 5.91 Å². The van der Waals surface area contributed by atoms with Gasteiger partial charge in [-0.2, -0.15) is 4.31 Å². The molecule has 1 saturated heterocycles. The van der Waals surface area contributed by atoms with Crippen LogP contribution < -0.4 is 4.90 Å². The summed E-state index contributed by atoms with van der Waals surface area (Å²) in [7, 11) is -3.63. The van der Waals surface area contributed by atoms with E-state index >= 15 is 0 Å². The second-order valence-electron chi connectivity index (χ2n) is 10.5. The summed E-state index contributed by atoms with van der Waals surface area (Å²) in [5, 5.41) is 1.63. The second kappa shape index (κ2) is 11.3. The fourth-order valence-electron chi connectivity index (χ4n) is 4.51. The van der Waals surface area contributed by atoms with E-state index in [-0.39, 0.29) is 22.6 Å². The van der Waals surface area contributed by atoms with Crippen molar-refractivity contribution < 1.29 is 13.2 Å². The normalized spacial score (nSPS) is 14.9. The van der Waals surface area contributed by atoms with E-state index in [2.05, 4.69) is 4.90 Å². The molecule has 2 aromatic carbocycles. The van der Waals surface area contributed by atoms with Crippen LogP contribution in [0.1, 0.15) is 43.6 Å². The molecule has 2 heterocycles. The van der Waals surface area contributed by atoms with Crippen LogP contribution in [-0.2, 0) is 10.0 Å². The number of fused-ring (bicyclic) bond motifs is 1. The highest BCUT2D eigenvalue weighted by molar-refractivity contribution is 7.89. The van der Waals surface area contributed by atoms with Crippen molar-refractivity contribution in [2.75, 3.05) is 44.2 Å². The lowest BCUT2D eigenvalue weighted by Gasteiger charge is -2.34. The van der Waals surface area contributed by atoms with Gasteiger partial charge in [-0.15, -0.1) is 0 Å². The number of carbonyl (C=O) groups is 1. The van der Waals surface area contributed by atoms with Gasteiger partial charge in [-0.3, -0.25) is 4.79 Å². The SMILES string of the molecule is Cc1ccc(Cl)c2sc(N3CCN(C(=O)c4ccc(S(=O)(=O)N(CC(C)C)CC(C)C)cc4)CC3)nc12. The molecule has 37 heavy (non-hydrogen) atoms. The molecular weight excluding hydrogens is 528 g/mol. The number of amides is 1. The lowest BCUT2D eigenvalue weighted by Crippen LogP contribution is -2.48. The van der Waals surface area contributed by atoms with Gasteiger partial charge in [-0.05, 0) is 54.7 Å². The van der Waals surface area contributed by atoms with E-state index < -0.39 is 10.0 Å². The van der Waals surface area contributed by atoms with E-state index in [1.807, 2.05) is 51.7 Å². The summed E-state index contributed by atoms with van der Waals surface area (Å²) in [6, 6.07) is 10.2. The van der Waals surface area contributed by atoms with Gasteiger partial charge in [0.15, 0.2) is 5.13 Å². The first-order chi connectivity index (χ1) is 17.5. The predicted octanol–water partition coefficient (Wildman–Crippen LogP) is 5.52. The lowest BCUT2D eigenvalue weighted by atomic mass is 10.2. The highest BCUT2D eigenvalue weighted by atomic mass is 35.5. The Hall–Kier alpha value is -2.20. The second-order valence-corrected chi connectivity index (χ2v) is 13.8. The maximum absolute atomic E-state index is 13.3. The van der Waals surface area contributed by atoms with Crippen molar-refractivity contribution in [2.24, 2.45) is 11.8 Å². The highest BCUT2D eigenvalue weighted by Crippen LogP contribution is 2.36. The molecule has 0 N–H and O–H groups in total. The Morgan fingerprint density at radius 2 is 1.59 bits per heavy atom. The molecule has 0 radical (unpaired) electrons. The first-order valence-corrected chi connectivity index (χ1v) is 15.3. The summed E-state index contributed by atoms with van der Waals surface area (Å²) in [6.45, 7) is 13.5. The molecule has 0 unspecified atom stereocenters. The number of carbonyl (C=O) groups excluding carboxylic acids is 1. The Balaban J connectivity index is 1.43. The van der Waals surface area contributed by atoms with Crippen LogP contribution in [0.5, 0.6) is 0 Å². The quantitative estimate of drug-likeness (QED) is 0.361. The zero-order valence-electron chi connectivity index (χ0n) is 22.1. The summed E-state index contributed by atoms with van der Waals surface area (Å²) in [6.07, 6.45) is 0. The number of halogens is 1. The zero-order chi connectivity index (χ0) is 26.9. The Morgan fingerprint density at radius 1 is 1.00 bits per heavy atom. The fourth-order valence-corrected chi connectivity index (χ4v) is 7.65. The Labute approximate surface area is 229 Å². The molecule has 7 nitrogen and oxygen atoms in total. The minimum Gasteiger partial charge on any atom is -0.345 e. The molecule has 1 aromatic heterocycles. The topological polar surface area (TPSA) is 73.8 Å². The number of aryl methyl sites for hydroxylation is 1. The van der Waals surface area contributed by atoms with Crippen LogP contribution >= 0.6 is 22.9 Å². The molecule has 0 bridgehead atoms. The Bertz CT molecular complexity index is 1310. The molecule has 200 valence electrons. The van der Waals surface area contributed by atoms with Crippen LogP contribution in [0.4, 0.5) is 5.13 Å². The first kappa shape index (κ1) is 27.8. The molecule has 0 atom stereocenters. The number of piperazine rings is 1. The van der Waals surface area contributed by atoms with Crippen molar-refractivity contribution in [3.63, 3.8) is 0 Å². The first-order valence-electron chi connectivity index (χ1n) is 12.7. The molecule has 1 fully saturated rings. The molecule has 3 aromatic rings. The number of nitrogens with zero attached hydrogens (tertiary/aromatic N) is 4. The van der Waals surface area contributed by atoms with Gasteiger partial charge in [0.1, 0.15) is 0 Å². The van der Waals surface area contributed by atoms with Gasteiger partial charge in [-0.1, -0.05) is 56.7 Å². The van der Waals surface area contributed by atoms with E-state index in [0.29, 0.717) is 49.9 Å². The average Bonchev–Trinajstić information content (AvgIpc) is 3.32. The summed E-state index contributed by atoms with van der Waals surface area (Å²) < 4.78 is 29.1. The number of sulfonamides is 1. The van der Waals surface area contributed by atoms with Crippen LogP contribution in [0.15, 0.2) is 41.3 Å². The number of hydrogen-bond donors (Lipinski definition) is 0. The van der Waals surface area contributed by atoms with Gasteiger partial charge in [0.05, 0.1) is 20.1 Å². The van der Waals surface area contributed by atoms with Gasteiger partial charge in [-0.25, -0.2) is 13.4 Å². The number of thiazole rings is 1. The van der Waals surface area contributed by atoms with E-state index in [4.69, 9.17) is 16.6 Å². The molecule has 1 amide bonds. The van der Waals surface area contributed by atoms with Crippen molar-refractivity contribution >= 4 is 54.2 Å². The molecule has 4 rings (SSSR count). The highest BCUT2D eigenvalue weighted by Gasteiger charge is 2.28. The molecule has 1 aliphatic heterocycles. The third-order valence-electron chi connectivity index (χ3n) is 6.40. The lowest BCUT2D eigenvalue weighted by molar-refractivity contribution is 0.0746.